The summed E-state index contributed by atoms with van der Waals surface area (Å²) in [5, 5.41) is 2.42. The Kier molecular flexibility index (Phi) is 6.52. The van der Waals surface area contributed by atoms with Gasteiger partial charge in [-0.1, -0.05) is 43.7 Å². The largest absolute Gasteiger partial charge is 0.497 e. The summed E-state index contributed by atoms with van der Waals surface area (Å²) in [5.41, 5.74) is 10.1. The van der Waals surface area contributed by atoms with Gasteiger partial charge in [-0.15, -0.1) is 0 Å². The van der Waals surface area contributed by atoms with Crippen LogP contribution in [0.1, 0.15) is 71.3 Å². The lowest BCUT2D eigenvalue weighted by Gasteiger charge is -2.54. The molecule has 0 bridgehead atoms. The third kappa shape index (κ3) is 4.02. The van der Waals surface area contributed by atoms with Gasteiger partial charge in [-0.2, -0.15) is 0 Å². The summed E-state index contributed by atoms with van der Waals surface area (Å²) in [6.45, 7) is 3.94. The number of carbonyl (C=O) groups is 1. The Morgan fingerprint density at radius 3 is 2.14 bits per heavy atom. The zero-order valence-corrected chi connectivity index (χ0v) is 25.6. The van der Waals surface area contributed by atoms with Crippen molar-refractivity contribution < 1.29 is 14.3 Å². The average Bonchev–Trinajstić information content (AvgIpc) is 3.64. The van der Waals surface area contributed by atoms with Crippen molar-refractivity contribution in [2.75, 3.05) is 27.3 Å². The summed E-state index contributed by atoms with van der Waals surface area (Å²) < 4.78 is 11.2. The van der Waals surface area contributed by atoms with Crippen molar-refractivity contribution in [3.8, 4) is 11.5 Å². The highest BCUT2D eigenvalue weighted by atomic mass is 16.5. The quantitative estimate of drug-likeness (QED) is 0.194. The highest BCUT2D eigenvalue weighted by Crippen LogP contribution is 2.53. The van der Waals surface area contributed by atoms with Crippen molar-refractivity contribution in [2.24, 2.45) is 0 Å². The monoisotopic (exact) mass is 586 g/mol. The van der Waals surface area contributed by atoms with Gasteiger partial charge in [0, 0.05) is 57.4 Å². The fourth-order valence-corrected chi connectivity index (χ4v) is 7.92. The molecule has 0 amide bonds. The molecule has 3 aromatic carbocycles. The summed E-state index contributed by atoms with van der Waals surface area (Å²) in [7, 11) is 3.44. The van der Waals surface area contributed by atoms with E-state index in [0.717, 1.165) is 84.6 Å². The maximum atomic E-state index is 14.7. The molecule has 0 spiro atoms. The SMILES string of the molecule is CCCCC1=C(C(=O)c2ccccc2)[C@@H]2c3[nH]c4ccc(OC)cc4c3CCN2[C@@H]2c3[nH]c4ccc(OC)cc4c3CCN12. The van der Waals surface area contributed by atoms with Crippen molar-refractivity contribution in [3.05, 3.63) is 106 Å². The molecule has 5 aromatic rings. The van der Waals surface area contributed by atoms with Crippen LogP contribution in [0.5, 0.6) is 11.5 Å². The van der Waals surface area contributed by atoms with Crippen LogP contribution in [0.4, 0.5) is 0 Å². The minimum atomic E-state index is -0.190. The molecule has 0 unspecified atom stereocenters. The number of nitrogens with zero attached hydrogens (tertiary/aromatic N) is 2. The number of allylic oxidation sites excluding steroid dienone is 1. The molecule has 5 heterocycles. The Balaban J connectivity index is 1.38. The maximum absolute atomic E-state index is 14.7. The lowest BCUT2D eigenvalue weighted by atomic mass is 9.81. The molecule has 7 heteroatoms. The van der Waals surface area contributed by atoms with Gasteiger partial charge in [0.05, 0.1) is 26.0 Å². The zero-order valence-electron chi connectivity index (χ0n) is 25.6. The van der Waals surface area contributed by atoms with Crippen LogP contribution >= 0.6 is 0 Å². The van der Waals surface area contributed by atoms with Gasteiger partial charge in [0.15, 0.2) is 5.78 Å². The Hall–Kier alpha value is -4.49. The van der Waals surface area contributed by atoms with Crippen molar-refractivity contribution in [1.29, 1.82) is 0 Å². The number of methoxy groups -OCH3 is 2. The van der Waals surface area contributed by atoms with Crippen LogP contribution in [0, 0.1) is 0 Å². The number of hydrogen-bond acceptors (Lipinski definition) is 5. The van der Waals surface area contributed by atoms with Crippen LogP contribution in [0.2, 0.25) is 0 Å². The summed E-state index contributed by atoms with van der Waals surface area (Å²) in [6.07, 6.45) is 4.79. The fraction of sp³-hybridized carbons (Fsp3) is 0.324. The molecule has 2 N–H and O–H groups in total. The first kappa shape index (κ1) is 27.1. The molecule has 2 aromatic heterocycles. The van der Waals surface area contributed by atoms with E-state index in [1.807, 2.05) is 42.5 Å². The number of ketones is 1. The van der Waals surface area contributed by atoms with Crippen LogP contribution in [-0.2, 0) is 12.8 Å². The lowest BCUT2D eigenvalue weighted by molar-refractivity contribution is 0.000622. The zero-order chi connectivity index (χ0) is 29.9. The molecule has 8 rings (SSSR count). The number of aromatic nitrogens is 2. The molecule has 0 fully saturated rings. The van der Waals surface area contributed by atoms with E-state index in [2.05, 4.69) is 51.0 Å². The van der Waals surface area contributed by atoms with Crippen LogP contribution in [0.25, 0.3) is 21.8 Å². The first-order valence-electron chi connectivity index (χ1n) is 15.8. The predicted molar refractivity (Wildman–Crippen MR) is 173 cm³/mol. The molecular formula is C37H38N4O3. The molecule has 0 saturated carbocycles. The molecule has 3 aliphatic rings. The minimum Gasteiger partial charge on any atom is -0.497 e. The molecule has 0 aliphatic carbocycles. The summed E-state index contributed by atoms with van der Waals surface area (Å²) in [6, 6.07) is 22.2. The topological polar surface area (TPSA) is 73.6 Å². The molecule has 2 atom stereocenters. The summed E-state index contributed by atoms with van der Waals surface area (Å²) in [5.74, 6) is 1.85. The summed E-state index contributed by atoms with van der Waals surface area (Å²) >= 11 is 0. The summed E-state index contributed by atoms with van der Waals surface area (Å²) in [4.78, 5) is 27.5. The number of H-pyrrole nitrogens is 2. The van der Waals surface area contributed by atoms with Crippen LogP contribution in [0.15, 0.2) is 78.0 Å². The average molecular weight is 587 g/mol. The second-order valence-electron chi connectivity index (χ2n) is 12.2. The Morgan fingerprint density at radius 2 is 1.48 bits per heavy atom. The Labute approximate surface area is 257 Å². The Morgan fingerprint density at radius 1 is 0.841 bits per heavy atom. The molecule has 0 radical (unpaired) electrons. The number of fused-ring (bicyclic) bond motifs is 11. The molecule has 0 saturated heterocycles. The molecule has 44 heavy (non-hydrogen) atoms. The van der Waals surface area contributed by atoms with Gasteiger partial charge in [-0.05, 0) is 73.2 Å². The number of hydrogen-bond donors (Lipinski definition) is 2. The van der Waals surface area contributed by atoms with Crippen LogP contribution < -0.4 is 9.47 Å². The van der Waals surface area contributed by atoms with Gasteiger partial charge in [0.2, 0.25) is 0 Å². The number of Topliss-reactive ketones (excluding diaryl/α,β-unsaturated/α-hetero) is 1. The van der Waals surface area contributed by atoms with Crippen LogP contribution in [0.3, 0.4) is 0 Å². The van der Waals surface area contributed by atoms with E-state index >= 15 is 0 Å². The van der Waals surface area contributed by atoms with Crippen LogP contribution in [-0.4, -0.2) is 52.9 Å². The first-order chi connectivity index (χ1) is 21.6. The van der Waals surface area contributed by atoms with Gasteiger partial charge in [0.25, 0.3) is 0 Å². The van der Waals surface area contributed by atoms with Crippen molar-refractivity contribution in [1.82, 2.24) is 19.8 Å². The third-order valence-corrected chi connectivity index (χ3v) is 9.97. The number of nitrogens with one attached hydrogen (secondary N) is 2. The minimum absolute atomic E-state index is 0.00965. The first-order valence-corrected chi connectivity index (χ1v) is 15.8. The fourth-order valence-electron chi connectivity index (χ4n) is 7.92. The predicted octanol–water partition coefficient (Wildman–Crippen LogP) is 7.46. The number of unbranched alkanes of at least 4 members (excludes halogenated alkanes) is 1. The number of carbonyl (C=O) groups excluding carboxylic acids is 1. The Bertz CT molecular complexity index is 1930. The molecule has 7 nitrogen and oxygen atoms in total. The number of rotatable bonds is 7. The van der Waals surface area contributed by atoms with Crippen molar-refractivity contribution >= 4 is 27.6 Å². The van der Waals surface area contributed by atoms with Gasteiger partial charge in [0.1, 0.15) is 17.7 Å². The molecule has 224 valence electrons. The number of aromatic amines is 2. The maximum Gasteiger partial charge on any atom is 0.192 e. The van der Waals surface area contributed by atoms with E-state index in [9.17, 15) is 4.79 Å². The van der Waals surface area contributed by atoms with Gasteiger partial charge < -0.3 is 24.3 Å². The van der Waals surface area contributed by atoms with Gasteiger partial charge in [-0.3, -0.25) is 9.69 Å². The van der Waals surface area contributed by atoms with Gasteiger partial charge >= 0.3 is 0 Å². The van der Waals surface area contributed by atoms with E-state index in [1.165, 1.54) is 33.3 Å². The molecular weight excluding hydrogens is 548 g/mol. The lowest BCUT2D eigenvalue weighted by Crippen LogP contribution is -2.54. The highest BCUT2D eigenvalue weighted by Gasteiger charge is 2.49. The van der Waals surface area contributed by atoms with E-state index in [-0.39, 0.29) is 18.0 Å². The normalized spacial score (nSPS) is 19.5. The van der Waals surface area contributed by atoms with E-state index in [1.54, 1.807) is 14.2 Å². The third-order valence-electron chi connectivity index (χ3n) is 9.97. The second kappa shape index (κ2) is 10.6. The standard InChI is InChI=1S/C37H38N4O3/c1-4-5-11-31-32(36(42)22-9-7-6-8-10-22)35-33-25(27-20-23(43-2)12-14-29(27)38-33)17-19-41(35)37-34-26(16-18-40(31)37)28-21-24(44-3)13-15-30(28)39-34/h6-10,12-15,20-21,35,37-39H,4-5,11,16-19H2,1-3H3/t35-,37-/m1/s1. The molecule has 3 aliphatic heterocycles. The van der Waals surface area contributed by atoms with Gasteiger partial charge in [-0.25, -0.2) is 0 Å². The smallest absolute Gasteiger partial charge is 0.192 e. The second-order valence-corrected chi connectivity index (χ2v) is 12.2. The van der Waals surface area contributed by atoms with E-state index < -0.39 is 0 Å². The number of ether oxygens (including phenoxy) is 2. The van der Waals surface area contributed by atoms with E-state index in [4.69, 9.17) is 9.47 Å². The highest BCUT2D eigenvalue weighted by molar-refractivity contribution is 6.10. The number of benzene rings is 3. The van der Waals surface area contributed by atoms with Crippen molar-refractivity contribution in [2.45, 2.75) is 51.2 Å². The van der Waals surface area contributed by atoms with E-state index in [0.29, 0.717) is 0 Å². The van der Waals surface area contributed by atoms with Crippen molar-refractivity contribution in [3.63, 3.8) is 0 Å².